The Balaban J connectivity index is 2.40. The second kappa shape index (κ2) is 4.86. The van der Waals surface area contributed by atoms with E-state index in [4.69, 9.17) is 0 Å². The first-order valence-electron chi connectivity index (χ1n) is 5.49. The number of nitrogens with zero attached hydrogens (tertiary/aromatic N) is 1. The van der Waals surface area contributed by atoms with Gasteiger partial charge in [-0.1, -0.05) is 26.7 Å². The van der Waals surface area contributed by atoms with E-state index in [0.717, 1.165) is 12.0 Å². The van der Waals surface area contributed by atoms with Crippen LogP contribution in [0.15, 0.2) is 0 Å². The van der Waals surface area contributed by atoms with E-state index in [1.807, 2.05) is 0 Å². The third-order valence-corrected chi connectivity index (χ3v) is 3.34. The summed E-state index contributed by atoms with van der Waals surface area (Å²) in [5.41, 5.74) is 0. The topological polar surface area (TPSA) is 3.24 Å². The van der Waals surface area contributed by atoms with E-state index >= 15 is 0 Å². The zero-order valence-electron chi connectivity index (χ0n) is 8.84. The largest absolute Gasteiger partial charge is 0.303 e. The maximum Gasteiger partial charge on any atom is 0.0120 e. The molecule has 12 heavy (non-hydrogen) atoms. The van der Waals surface area contributed by atoms with Crippen molar-refractivity contribution in [2.75, 3.05) is 13.6 Å². The highest BCUT2D eigenvalue weighted by Crippen LogP contribution is 2.32. The number of hydrogen-bond donors (Lipinski definition) is 0. The molecule has 1 rings (SSSR count). The average molecular weight is 169 g/mol. The lowest BCUT2D eigenvalue weighted by Gasteiger charge is -2.28. The van der Waals surface area contributed by atoms with Crippen molar-refractivity contribution in [1.29, 1.82) is 0 Å². The van der Waals surface area contributed by atoms with Crippen molar-refractivity contribution in [3.05, 3.63) is 0 Å². The summed E-state index contributed by atoms with van der Waals surface area (Å²) >= 11 is 0. The predicted octanol–water partition coefficient (Wildman–Crippen LogP) is 2.91. The first-order valence-corrected chi connectivity index (χ1v) is 5.49. The summed E-state index contributed by atoms with van der Waals surface area (Å²) in [5, 5.41) is 0. The molecular formula is C11H23N. The molecule has 0 saturated heterocycles. The highest BCUT2D eigenvalue weighted by atomic mass is 15.1. The van der Waals surface area contributed by atoms with Crippen LogP contribution in [0.1, 0.15) is 46.0 Å². The molecule has 0 amide bonds. The minimum absolute atomic E-state index is 0.898. The number of rotatable bonds is 4. The molecule has 0 N–H and O–H groups in total. The van der Waals surface area contributed by atoms with Gasteiger partial charge in [-0.25, -0.2) is 0 Å². The molecule has 0 bridgehead atoms. The van der Waals surface area contributed by atoms with Gasteiger partial charge in [0.1, 0.15) is 0 Å². The van der Waals surface area contributed by atoms with Crippen molar-refractivity contribution in [1.82, 2.24) is 4.90 Å². The van der Waals surface area contributed by atoms with Gasteiger partial charge >= 0.3 is 0 Å². The lowest BCUT2D eigenvalue weighted by atomic mass is 9.97. The van der Waals surface area contributed by atoms with E-state index in [-0.39, 0.29) is 0 Å². The van der Waals surface area contributed by atoms with Gasteiger partial charge in [0.15, 0.2) is 0 Å². The van der Waals surface area contributed by atoms with Crippen LogP contribution in [-0.4, -0.2) is 24.5 Å². The molecule has 2 unspecified atom stereocenters. The summed E-state index contributed by atoms with van der Waals surface area (Å²) in [7, 11) is 2.28. The summed E-state index contributed by atoms with van der Waals surface area (Å²) in [6.07, 6.45) is 7.17. The zero-order valence-corrected chi connectivity index (χ0v) is 8.84. The third kappa shape index (κ3) is 2.22. The summed E-state index contributed by atoms with van der Waals surface area (Å²) in [6.45, 7) is 5.79. The number of hydrogen-bond acceptors (Lipinski definition) is 1. The molecule has 0 aromatic heterocycles. The first-order chi connectivity index (χ1) is 5.79. The fourth-order valence-electron chi connectivity index (χ4n) is 2.54. The van der Waals surface area contributed by atoms with E-state index in [2.05, 4.69) is 25.8 Å². The highest BCUT2D eigenvalue weighted by molar-refractivity contribution is 4.83. The van der Waals surface area contributed by atoms with Gasteiger partial charge in [0, 0.05) is 6.04 Å². The molecule has 0 aromatic carbocycles. The highest BCUT2D eigenvalue weighted by Gasteiger charge is 2.28. The van der Waals surface area contributed by atoms with Crippen molar-refractivity contribution in [2.24, 2.45) is 5.92 Å². The molecule has 0 aromatic rings. The minimum atomic E-state index is 0.898. The van der Waals surface area contributed by atoms with Crippen molar-refractivity contribution < 1.29 is 0 Å². The maximum absolute atomic E-state index is 2.54. The van der Waals surface area contributed by atoms with Crippen molar-refractivity contribution >= 4 is 0 Å². The Labute approximate surface area is 77.1 Å². The van der Waals surface area contributed by atoms with Crippen LogP contribution < -0.4 is 0 Å². The second-order valence-corrected chi connectivity index (χ2v) is 4.12. The van der Waals surface area contributed by atoms with Gasteiger partial charge in [0.2, 0.25) is 0 Å². The van der Waals surface area contributed by atoms with Crippen LogP contribution >= 0.6 is 0 Å². The lowest BCUT2D eigenvalue weighted by Crippen LogP contribution is -2.34. The van der Waals surface area contributed by atoms with E-state index in [9.17, 15) is 0 Å². The normalized spacial score (nSPS) is 30.0. The van der Waals surface area contributed by atoms with Crippen LogP contribution in [0, 0.1) is 5.92 Å². The van der Waals surface area contributed by atoms with Gasteiger partial charge in [-0.2, -0.15) is 0 Å². The molecule has 0 aliphatic heterocycles. The SMILES string of the molecule is CCCC1CCCC1N(C)CC. The summed E-state index contributed by atoms with van der Waals surface area (Å²) in [6, 6.07) is 0.898. The fraction of sp³-hybridized carbons (Fsp3) is 1.00. The molecule has 1 nitrogen and oxygen atoms in total. The van der Waals surface area contributed by atoms with Gasteiger partial charge in [-0.05, 0) is 38.8 Å². The first kappa shape index (κ1) is 10.0. The maximum atomic E-state index is 2.54. The fourth-order valence-corrected chi connectivity index (χ4v) is 2.54. The monoisotopic (exact) mass is 169 g/mol. The Bertz CT molecular complexity index is 122. The van der Waals surface area contributed by atoms with Gasteiger partial charge in [-0.3, -0.25) is 0 Å². The molecule has 0 spiro atoms. The van der Waals surface area contributed by atoms with E-state index in [1.54, 1.807) is 0 Å². The molecule has 0 radical (unpaired) electrons. The Hall–Kier alpha value is -0.0400. The third-order valence-electron chi connectivity index (χ3n) is 3.34. The van der Waals surface area contributed by atoms with Crippen LogP contribution in [0.5, 0.6) is 0 Å². The van der Waals surface area contributed by atoms with Gasteiger partial charge in [0.05, 0.1) is 0 Å². The van der Waals surface area contributed by atoms with E-state index < -0.39 is 0 Å². The Morgan fingerprint density at radius 1 is 1.25 bits per heavy atom. The Kier molecular flexibility index (Phi) is 4.07. The van der Waals surface area contributed by atoms with Gasteiger partial charge in [0.25, 0.3) is 0 Å². The van der Waals surface area contributed by atoms with Crippen LogP contribution in [-0.2, 0) is 0 Å². The molecule has 2 atom stereocenters. The second-order valence-electron chi connectivity index (χ2n) is 4.12. The molecule has 1 aliphatic rings. The molecule has 72 valence electrons. The van der Waals surface area contributed by atoms with Crippen LogP contribution in [0.4, 0.5) is 0 Å². The smallest absolute Gasteiger partial charge is 0.0120 e. The minimum Gasteiger partial charge on any atom is -0.303 e. The summed E-state index contributed by atoms with van der Waals surface area (Å²) in [4.78, 5) is 2.54. The summed E-state index contributed by atoms with van der Waals surface area (Å²) in [5.74, 6) is 1.000. The molecule has 1 heteroatoms. The quantitative estimate of drug-likeness (QED) is 0.625. The zero-order chi connectivity index (χ0) is 8.97. The van der Waals surface area contributed by atoms with Gasteiger partial charge in [-0.15, -0.1) is 0 Å². The standard InChI is InChI=1S/C11H23N/c1-4-7-10-8-6-9-11(10)12(3)5-2/h10-11H,4-9H2,1-3H3. The van der Waals surface area contributed by atoms with Gasteiger partial charge < -0.3 is 4.90 Å². The molecular weight excluding hydrogens is 146 g/mol. The molecule has 1 fully saturated rings. The summed E-state index contributed by atoms with van der Waals surface area (Å²) < 4.78 is 0. The average Bonchev–Trinajstić information content (AvgIpc) is 2.52. The molecule has 1 aliphatic carbocycles. The van der Waals surface area contributed by atoms with Crippen LogP contribution in [0.3, 0.4) is 0 Å². The van der Waals surface area contributed by atoms with Crippen molar-refractivity contribution in [2.45, 2.75) is 52.0 Å². The Morgan fingerprint density at radius 2 is 2.00 bits per heavy atom. The van der Waals surface area contributed by atoms with E-state index in [0.29, 0.717) is 0 Å². The predicted molar refractivity (Wildman–Crippen MR) is 54.3 cm³/mol. The van der Waals surface area contributed by atoms with Crippen LogP contribution in [0.2, 0.25) is 0 Å². The molecule has 0 heterocycles. The van der Waals surface area contributed by atoms with Crippen molar-refractivity contribution in [3.63, 3.8) is 0 Å². The molecule has 1 saturated carbocycles. The van der Waals surface area contributed by atoms with E-state index in [1.165, 1.54) is 38.6 Å². The Morgan fingerprint density at radius 3 is 2.58 bits per heavy atom. The van der Waals surface area contributed by atoms with Crippen molar-refractivity contribution in [3.8, 4) is 0 Å². The lowest BCUT2D eigenvalue weighted by molar-refractivity contribution is 0.199. The van der Waals surface area contributed by atoms with Crippen LogP contribution in [0.25, 0.3) is 0 Å².